The van der Waals surface area contributed by atoms with Crippen molar-refractivity contribution in [3.8, 4) is 0 Å². The summed E-state index contributed by atoms with van der Waals surface area (Å²) in [7, 11) is 0. The van der Waals surface area contributed by atoms with Gasteiger partial charge in [0.1, 0.15) is 0 Å². The molecule has 0 fully saturated rings. The van der Waals surface area contributed by atoms with E-state index in [4.69, 9.17) is 9.47 Å². The molecule has 0 aromatic heterocycles. The Kier molecular flexibility index (Phi) is 20.4. The van der Waals surface area contributed by atoms with Crippen LogP contribution in [0.15, 0.2) is 0 Å². The Labute approximate surface area is 186 Å². The monoisotopic (exact) mass is 426 g/mol. The van der Waals surface area contributed by atoms with Crippen LogP contribution in [0.1, 0.15) is 130 Å². The predicted molar refractivity (Wildman–Crippen MR) is 125 cm³/mol. The summed E-state index contributed by atoms with van der Waals surface area (Å²) in [4.78, 5) is 23.7. The lowest BCUT2D eigenvalue weighted by Crippen LogP contribution is -2.13. The molecule has 0 heterocycles. The second-order valence-corrected chi connectivity index (χ2v) is 8.82. The van der Waals surface area contributed by atoms with E-state index in [0.717, 1.165) is 64.2 Å². The molecule has 0 unspecified atom stereocenters. The topological polar surface area (TPSA) is 52.6 Å². The Morgan fingerprint density at radius 2 is 0.933 bits per heavy atom. The van der Waals surface area contributed by atoms with E-state index >= 15 is 0 Å². The molecule has 0 amide bonds. The summed E-state index contributed by atoms with van der Waals surface area (Å²) in [5, 5.41) is 0. The van der Waals surface area contributed by atoms with E-state index < -0.39 is 0 Å². The molecule has 0 bridgehead atoms. The Hall–Kier alpha value is -1.06. The molecule has 178 valence electrons. The first kappa shape index (κ1) is 28.9. The summed E-state index contributed by atoms with van der Waals surface area (Å²) in [6.45, 7) is 9.90. The van der Waals surface area contributed by atoms with Crippen LogP contribution >= 0.6 is 0 Å². The summed E-state index contributed by atoms with van der Waals surface area (Å²) < 4.78 is 10.9. The van der Waals surface area contributed by atoms with Gasteiger partial charge in [-0.1, -0.05) is 91.9 Å². The van der Waals surface area contributed by atoms with Gasteiger partial charge < -0.3 is 9.47 Å². The van der Waals surface area contributed by atoms with E-state index in [-0.39, 0.29) is 11.9 Å². The van der Waals surface area contributed by atoms with Crippen molar-refractivity contribution in [2.75, 3.05) is 13.2 Å². The van der Waals surface area contributed by atoms with Gasteiger partial charge >= 0.3 is 11.9 Å². The van der Waals surface area contributed by atoms with Crippen LogP contribution in [0, 0.1) is 11.8 Å². The van der Waals surface area contributed by atoms with Crippen LogP contribution in [0.5, 0.6) is 0 Å². The van der Waals surface area contributed by atoms with Crippen LogP contribution < -0.4 is 0 Å². The maximum Gasteiger partial charge on any atom is 0.305 e. The van der Waals surface area contributed by atoms with Crippen molar-refractivity contribution in [3.63, 3.8) is 0 Å². The second-order valence-electron chi connectivity index (χ2n) is 8.82. The number of rotatable bonds is 21. The molecule has 0 rings (SSSR count). The number of unbranched alkanes of at least 4 members (excludes halogenated alkanes) is 7. The maximum absolute atomic E-state index is 11.9. The smallest absolute Gasteiger partial charge is 0.305 e. The molecule has 0 N–H and O–H groups in total. The SMILES string of the molecule is CCCC[C@H](CC)COC(=O)CCCCCCCCC(=O)OC[C@@H](CC)CCCC. The van der Waals surface area contributed by atoms with Gasteiger partial charge in [-0.3, -0.25) is 9.59 Å². The second kappa shape index (κ2) is 21.2. The third kappa shape index (κ3) is 17.8. The van der Waals surface area contributed by atoms with Crippen LogP contribution in [0.3, 0.4) is 0 Å². The van der Waals surface area contributed by atoms with E-state index in [0.29, 0.717) is 37.9 Å². The molecule has 0 aliphatic rings. The van der Waals surface area contributed by atoms with Gasteiger partial charge in [0.25, 0.3) is 0 Å². The third-order valence-electron chi connectivity index (χ3n) is 6.06. The van der Waals surface area contributed by atoms with Crippen LogP contribution in [0.25, 0.3) is 0 Å². The first-order chi connectivity index (χ1) is 14.6. The number of carbonyl (C=O) groups is 2. The van der Waals surface area contributed by atoms with Crippen molar-refractivity contribution in [1.29, 1.82) is 0 Å². The highest BCUT2D eigenvalue weighted by molar-refractivity contribution is 5.69. The fraction of sp³-hybridized carbons (Fsp3) is 0.923. The summed E-state index contributed by atoms with van der Waals surface area (Å²) in [5.74, 6) is 0.948. The van der Waals surface area contributed by atoms with Crippen molar-refractivity contribution in [2.24, 2.45) is 11.8 Å². The quantitative estimate of drug-likeness (QED) is 0.140. The fourth-order valence-corrected chi connectivity index (χ4v) is 3.61. The highest BCUT2D eigenvalue weighted by Gasteiger charge is 2.11. The number of esters is 2. The van der Waals surface area contributed by atoms with Gasteiger partial charge in [0.2, 0.25) is 0 Å². The zero-order valence-electron chi connectivity index (χ0n) is 20.5. The molecule has 2 atom stereocenters. The van der Waals surface area contributed by atoms with E-state index in [1.54, 1.807) is 0 Å². The molecule has 0 saturated heterocycles. The van der Waals surface area contributed by atoms with Gasteiger partial charge in [-0.25, -0.2) is 0 Å². The highest BCUT2D eigenvalue weighted by atomic mass is 16.5. The molecule has 30 heavy (non-hydrogen) atoms. The zero-order chi connectivity index (χ0) is 22.5. The van der Waals surface area contributed by atoms with Crippen molar-refractivity contribution in [2.45, 2.75) is 130 Å². The minimum Gasteiger partial charge on any atom is -0.465 e. The van der Waals surface area contributed by atoms with Gasteiger partial charge in [-0.15, -0.1) is 0 Å². The third-order valence-corrected chi connectivity index (χ3v) is 6.06. The molecule has 0 aromatic carbocycles. The summed E-state index contributed by atoms with van der Waals surface area (Å²) in [6, 6.07) is 0. The van der Waals surface area contributed by atoms with Gasteiger partial charge in [0.05, 0.1) is 13.2 Å². The molecule has 0 aromatic rings. The van der Waals surface area contributed by atoms with Gasteiger partial charge in [0.15, 0.2) is 0 Å². The van der Waals surface area contributed by atoms with Crippen LogP contribution in [0.4, 0.5) is 0 Å². The van der Waals surface area contributed by atoms with Crippen LogP contribution in [0.2, 0.25) is 0 Å². The van der Waals surface area contributed by atoms with Crippen LogP contribution in [-0.4, -0.2) is 25.2 Å². The summed E-state index contributed by atoms with van der Waals surface area (Å²) >= 11 is 0. The van der Waals surface area contributed by atoms with Crippen molar-refractivity contribution in [3.05, 3.63) is 0 Å². The van der Waals surface area contributed by atoms with E-state index in [2.05, 4.69) is 27.7 Å². The molecule has 0 spiro atoms. The predicted octanol–water partition coefficient (Wildman–Crippen LogP) is 7.63. The Morgan fingerprint density at radius 1 is 0.567 bits per heavy atom. The Morgan fingerprint density at radius 3 is 1.27 bits per heavy atom. The van der Waals surface area contributed by atoms with Gasteiger partial charge in [0, 0.05) is 12.8 Å². The standard InChI is InChI=1S/C26H50O4/c1-5-9-17-23(7-3)21-29-25(27)19-15-13-11-12-14-16-20-26(28)30-22-24(8-4)18-10-6-2/h23-24H,5-22H2,1-4H3/t23-,24-/m0/s1. The normalized spacial score (nSPS) is 13.1. The summed E-state index contributed by atoms with van der Waals surface area (Å²) in [5.41, 5.74) is 0. The zero-order valence-corrected chi connectivity index (χ0v) is 20.5. The molecule has 0 saturated carbocycles. The largest absolute Gasteiger partial charge is 0.465 e. The molecule has 4 heteroatoms. The molecular weight excluding hydrogens is 376 g/mol. The minimum absolute atomic E-state index is 0.0444. The Bertz CT molecular complexity index is 370. The molecule has 0 radical (unpaired) electrons. The molecule has 0 aliphatic heterocycles. The lowest BCUT2D eigenvalue weighted by atomic mass is 10.0. The van der Waals surface area contributed by atoms with Crippen molar-refractivity contribution < 1.29 is 19.1 Å². The number of hydrogen-bond acceptors (Lipinski definition) is 4. The molecule has 4 nitrogen and oxygen atoms in total. The summed E-state index contributed by atoms with van der Waals surface area (Å²) in [6.07, 6.45) is 16.5. The lowest BCUT2D eigenvalue weighted by Gasteiger charge is -2.14. The molecular formula is C26H50O4. The number of carbonyl (C=O) groups excluding carboxylic acids is 2. The fourth-order valence-electron chi connectivity index (χ4n) is 3.61. The van der Waals surface area contributed by atoms with E-state index in [1.807, 2.05) is 0 Å². The average Bonchev–Trinajstić information content (AvgIpc) is 2.75. The maximum atomic E-state index is 11.9. The number of ether oxygens (including phenoxy) is 2. The first-order valence-electron chi connectivity index (χ1n) is 12.9. The first-order valence-corrected chi connectivity index (χ1v) is 12.9. The average molecular weight is 427 g/mol. The van der Waals surface area contributed by atoms with Gasteiger partial charge in [-0.2, -0.15) is 0 Å². The Balaban J connectivity index is 3.56. The minimum atomic E-state index is -0.0444. The van der Waals surface area contributed by atoms with Crippen molar-refractivity contribution >= 4 is 11.9 Å². The molecule has 0 aliphatic carbocycles. The van der Waals surface area contributed by atoms with Crippen molar-refractivity contribution in [1.82, 2.24) is 0 Å². The highest BCUT2D eigenvalue weighted by Crippen LogP contribution is 2.15. The van der Waals surface area contributed by atoms with E-state index in [9.17, 15) is 9.59 Å². The number of hydrogen-bond donors (Lipinski definition) is 0. The van der Waals surface area contributed by atoms with Gasteiger partial charge in [-0.05, 0) is 37.5 Å². The lowest BCUT2D eigenvalue weighted by molar-refractivity contribution is -0.146. The van der Waals surface area contributed by atoms with Crippen LogP contribution in [-0.2, 0) is 19.1 Å². The van der Waals surface area contributed by atoms with E-state index in [1.165, 1.54) is 25.7 Å².